The molecule has 0 aliphatic rings. The summed E-state index contributed by atoms with van der Waals surface area (Å²) in [6, 6.07) is 17.7. The Morgan fingerprint density at radius 1 is 0.833 bits per heavy atom. The van der Waals surface area contributed by atoms with Gasteiger partial charge in [-0.1, -0.05) is 48.5 Å². The Balaban J connectivity index is 2.13. The lowest BCUT2D eigenvalue weighted by atomic mass is 10.0. The van der Waals surface area contributed by atoms with Crippen LogP contribution in [0.4, 0.5) is 0 Å². The standard InChI is InChI=1S/C16H12O2/c17-16-15-9-5-4-8-14(15)13(11-18-16)10-12-6-2-1-3-7-12/h1-9,11H,10H2. The number of rotatable bonds is 2. The molecule has 0 spiro atoms. The smallest absolute Gasteiger partial charge is 0.343 e. The molecule has 0 saturated carbocycles. The first-order chi connectivity index (χ1) is 8.84. The van der Waals surface area contributed by atoms with E-state index < -0.39 is 0 Å². The maximum Gasteiger partial charge on any atom is 0.343 e. The quantitative estimate of drug-likeness (QED) is 0.682. The topological polar surface area (TPSA) is 30.2 Å². The van der Waals surface area contributed by atoms with E-state index in [9.17, 15) is 4.79 Å². The van der Waals surface area contributed by atoms with Crippen LogP contribution in [0, 0.1) is 0 Å². The van der Waals surface area contributed by atoms with Crippen molar-refractivity contribution in [1.82, 2.24) is 0 Å². The monoisotopic (exact) mass is 236 g/mol. The van der Waals surface area contributed by atoms with Gasteiger partial charge in [0, 0.05) is 6.42 Å². The van der Waals surface area contributed by atoms with Crippen molar-refractivity contribution < 1.29 is 4.42 Å². The third kappa shape index (κ3) is 1.93. The minimum atomic E-state index is -0.276. The van der Waals surface area contributed by atoms with E-state index in [2.05, 4.69) is 12.1 Å². The number of hydrogen-bond donors (Lipinski definition) is 0. The molecule has 18 heavy (non-hydrogen) atoms. The van der Waals surface area contributed by atoms with E-state index in [1.807, 2.05) is 36.4 Å². The van der Waals surface area contributed by atoms with Crippen LogP contribution in [0.5, 0.6) is 0 Å². The van der Waals surface area contributed by atoms with E-state index in [0.29, 0.717) is 5.39 Å². The molecule has 0 N–H and O–H groups in total. The van der Waals surface area contributed by atoms with Gasteiger partial charge in [0.05, 0.1) is 11.6 Å². The summed E-state index contributed by atoms with van der Waals surface area (Å²) in [5, 5.41) is 1.61. The van der Waals surface area contributed by atoms with Crippen molar-refractivity contribution in [2.45, 2.75) is 6.42 Å². The molecule has 1 aromatic heterocycles. The molecule has 0 saturated heterocycles. The molecule has 2 aromatic carbocycles. The summed E-state index contributed by atoms with van der Waals surface area (Å²) < 4.78 is 5.09. The largest absolute Gasteiger partial charge is 0.431 e. The average Bonchev–Trinajstić information content (AvgIpc) is 2.44. The summed E-state index contributed by atoms with van der Waals surface area (Å²) in [5.41, 5.74) is 1.97. The molecule has 88 valence electrons. The van der Waals surface area contributed by atoms with Crippen LogP contribution in [-0.4, -0.2) is 0 Å². The maximum absolute atomic E-state index is 11.6. The fourth-order valence-corrected chi connectivity index (χ4v) is 2.15. The van der Waals surface area contributed by atoms with Gasteiger partial charge in [-0.25, -0.2) is 4.79 Å². The molecule has 0 atom stereocenters. The van der Waals surface area contributed by atoms with Gasteiger partial charge in [0.15, 0.2) is 0 Å². The highest BCUT2D eigenvalue weighted by Crippen LogP contribution is 2.18. The second kappa shape index (κ2) is 4.49. The predicted octanol–water partition coefficient (Wildman–Crippen LogP) is 3.38. The third-order valence-corrected chi connectivity index (χ3v) is 3.04. The molecule has 0 radical (unpaired) electrons. The summed E-state index contributed by atoms with van der Waals surface area (Å²) >= 11 is 0. The van der Waals surface area contributed by atoms with Gasteiger partial charge < -0.3 is 4.42 Å². The first kappa shape index (κ1) is 10.8. The van der Waals surface area contributed by atoms with E-state index in [-0.39, 0.29) is 5.63 Å². The van der Waals surface area contributed by atoms with Gasteiger partial charge >= 0.3 is 5.63 Å². The molecule has 3 aromatic rings. The van der Waals surface area contributed by atoms with Crippen LogP contribution < -0.4 is 5.63 Å². The van der Waals surface area contributed by atoms with E-state index in [4.69, 9.17) is 4.42 Å². The second-order valence-corrected chi connectivity index (χ2v) is 4.26. The molecule has 3 rings (SSSR count). The Labute approximate surface area is 105 Å². The highest BCUT2D eigenvalue weighted by Gasteiger charge is 2.06. The average molecular weight is 236 g/mol. The SMILES string of the molecule is O=c1occ(Cc2ccccc2)c2ccccc12. The lowest BCUT2D eigenvalue weighted by molar-refractivity contribution is 0.514. The Bertz CT molecular complexity index is 727. The van der Waals surface area contributed by atoms with Gasteiger partial charge in [-0.15, -0.1) is 0 Å². The normalized spacial score (nSPS) is 10.7. The van der Waals surface area contributed by atoms with Crippen molar-refractivity contribution in [3.63, 3.8) is 0 Å². The molecule has 0 aliphatic heterocycles. The van der Waals surface area contributed by atoms with Gasteiger partial charge in [0.1, 0.15) is 0 Å². The number of fused-ring (bicyclic) bond motifs is 1. The van der Waals surface area contributed by atoms with Crippen LogP contribution in [0.25, 0.3) is 10.8 Å². The number of hydrogen-bond acceptors (Lipinski definition) is 2. The van der Waals surface area contributed by atoms with E-state index in [1.54, 1.807) is 12.3 Å². The zero-order chi connectivity index (χ0) is 12.4. The molecule has 2 nitrogen and oxygen atoms in total. The van der Waals surface area contributed by atoms with Gasteiger partial charge in [0.2, 0.25) is 0 Å². The Kier molecular flexibility index (Phi) is 2.69. The summed E-state index contributed by atoms with van der Waals surface area (Å²) in [7, 11) is 0. The van der Waals surface area contributed by atoms with Crippen molar-refractivity contribution in [1.29, 1.82) is 0 Å². The van der Waals surface area contributed by atoms with Crippen LogP contribution in [0.15, 0.2) is 70.1 Å². The Morgan fingerprint density at radius 3 is 2.28 bits per heavy atom. The van der Waals surface area contributed by atoms with Crippen molar-refractivity contribution in [2.24, 2.45) is 0 Å². The molecule has 1 heterocycles. The third-order valence-electron chi connectivity index (χ3n) is 3.04. The molecule has 0 aliphatic carbocycles. The molecular weight excluding hydrogens is 224 g/mol. The lowest BCUT2D eigenvalue weighted by Gasteiger charge is -2.05. The first-order valence-electron chi connectivity index (χ1n) is 5.88. The Morgan fingerprint density at radius 2 is 1.50 bits per heavy atom. The summed E-state index contributed by atoms with van der Waals surface area (Å²) in [6.07, 6.45) is 2.34. The fraction of sp³-hybridized carbons (Fsp3) is 0.0625. The maximum atomic E-state index is 11.6. The van der Waals surface area contributed by atoms with Gasteiger partial charge in [-0.05, 0) is 22.6 Å². The lowest BCUT2D eigenvalue weighted by Crippen LogP contribution is -2.01. The number of benzene rings is 2. The second-order valence-electron chi connectivity index (χ2n) is 4.26. The predicted molar refractivity (Wildman–Crippen MR) is 71.7 cm³/mol. The molecular formula is C16H12O2. The molecule has 0 fully saturated rings. The zero-order valence-electron chi connectivity index (χ0n) is 9.80. The van der Waals surface area contributed by atoms with E-state index in [1.165, 1.54) is 5.56 Å². The summed E-state index contributed by atoms with van der Waals surface area (Å²) in [6.45, 7) is 0. The van der Waals surface area contributed by atoms with Crippen LogP contribution >= 0.6 is 0 Å². The van der Waals surface area contributed by atoms with E-state index in [0.717, 1.165) is 17.4 Å². The van der Waals surface area contributed by atoms with Crippen molar-refractivity contribution in [3.05, 3.63) is 82.4 Å². The van der Waals surface area contributed by atoms with Crippen LogP contribution in [0.2, 0.25) is 0 Å². The van der Waals surface area contributed by atoms with E-state index >= 15 is 0 Å². The molecule has 2 heteroatoms. The Hall–Kier alpha value is -2.35. The van der Waals surface area contributed by atoms with Crippen LogP contribution in [0.3, 0.4) is 0 Å². The highest BCUT2D eigenvalue weighted by atomic mass is 16.4. The van der Waals surface area contributed by atoms with Crippen LogP contribution in [0.1, 0.15) is 11.1 Å². The summed E-state index contributed by atoms with van der Waals surface area (Å²) in [4.78, 5) is 11.6. The van der Waals surface area contributed by atoms with Gasteiger partial charge in [-0.3, -0.25) is 0 Å². The van der Waals surface area contributed by atoms with Crippen LogP contribution in [-0.2, 0) is 6.42 Å². The first-order valence-corrected chi connectivity index (χ1v) is 5.88. The van der Waals surface area contributed by atoms with Gasteiger partial charge in [0.25, 0.3) is 0 Å². The van der Waals surface area contributed by atoms with Crippen molar-refractivity contribution >= 4 is 10.8 Å². The minimum Gasteiger partial charge on any atom is -0.431 e. The van der Waals surface area contributed by atoms with Gasteiger partial charge in [-0.2, -0.15) is 0 Å². The zero-order valence-corrected chi connectivity index (χ0v) is 9.80. The highest BCUT2D eigenvalue weighted by molar-refractivity contribution is 5.84. The minimum absolute atomic E-state index is 0.276. The van der Waals surface area contributed by atoms with Crippen molar-refractivity contribution in [2.75, 3.05) is 0 Å². The fourth-order valence-electron chi connectivity index (χ4n) is 2.15. The summed E-state index contributed by atoms with van der Waals surface area (Å²) in [5.74, 6) is 0. The molecule has 0 unspecified atom stereocenters. The molecule has 0 amide bonds. The molecule has 0 bridgehead atoms. The van der Waals surface area contributed by atoms with Crippen molar-refractivity contribution in [3.8, 4) is 0 Å².